The Hall–Kier alpha value is -2.50. The first-order valence-electron chi connectivity index (χ1n) is 9.10. The Kier molecular flexibility index (Phi) is 4.94. The highest BCUT2D eigenvalue weighted by Gasteiger charge is 2.35. The van der Waals surface area contributed by atoms with Gasteiger partial charge in [-0.05, 0) is 39.0 Å². The van der Waals surface area contributed by atoms with Crippen LogP contribution in [0.2, 0.25) is 0 Å². The molecule has 140 valence electrons. The van der Waals surface area contributed by atoms with Crippen LogP contribution in [0, 0.1) is 0 Å². The molecule has 0 fully saturated rings. The van der Waals surface area contributed by atoms with Crippen molar-refractivity contribution < 1.29 is 14.0 Å². The second kappa shape index (κ2) is 7.02. The average Bonchev–Trinajstić information content (AvgIpc) is 3.27. The van der Waals surface area contributed by atoms with E-state index >= 15 is 0 Å². The second-order valence-electron chi connectivity index (χ2n) is 7.68. The molecule has 0 radical (unpaired) electrons. The van der Waals surface area contributed by atoms with Crippen molar-refractivity contribution >= 4 is 11.8 Å². The second-order valence-corrected chi connectivity index (χ2v) is 7.68. The van der Waals surface area contributed by atoms with Crippen molar-refractivity contribution in [1.82, 2.24) is 14.4 Å². The van der Waals surface area contributed by atoms with Gasteiger partial charge in [-0.2, -0.15) is 0 Å². The minimum absolute atomic E-state index is 0.00824. The third-order valence-corrected chi connectivity index (χ3v) is 4.92. The van der Waals surface area contributed by atoms with Gasteiger partial charge < -0.3 is 18.8 Å². The van der Waals surface area contributed by atoms with Crippen molar-refractivity contribution in [3.05, 3.63) is 48.2 Å². The molecule has 6 nitrogen and oxygen atoms in total. The lowest BCUT2D eigenvalue weighted by Gasteiger charge is -2.40. The topological polar surface area (TPSA) is 58.7 Å². The highest BCUT2D eigenvalue weighted by atomic mass is 16.3. The molecule has 0 spiro atoms. The van der Waals surface area contributed by atoms with Crippen molar-refractivity contribution in [2.24, 2.45) is 0 Å². The molecule has 6 heteroatoms. The Bertz CT molecular complexity index is 771. The largest absolute Gasteiger partial charge is 0.472 e. The van der Waals surface area contributed by atoms with E-state index in [1.54, 1.807) is 17.4 Å². The van der Waals surface area contributed by atoms with Gasteiger partial charge in [-0.3, -0.25) is 9.59 Å². The quantitative estimate of drug-likeness (QED) is 0.845. The number of amides is 2. The minimum atomic E-state index is -0.399. The zero-order valence-electron chi connectivity index (χ0n) is 15.9. The lowest BCUT2D eigenvalue weighted by molar-refractivity contribution is -0.146. The van der Waals surface area contributed by atoms with Crippen LogP contribution in [0.3, 0.4) is 0 Å². The molecule has 0 N–H and O–H groups in total. The predicted molar refractivity (Wildman–Crippen MR) is 98.5 cm³/mol. The van der Waals surface area contributed by atoms with Gasteiger partial charge in [0.2, 0.25) is 11.8 Å². The fourth-order valence-electron chi connectivity index (χ4n) is 3.55. The van der Waals surface area contributed by atoms with Crippen LogP contribution in [-0.4, -0.2) is 44.8 Å². The van der Waals surface area contributed by atoms with Crippen LogP contribution < -0.4 is 0 Å². The summed E-state index contributed by atoms with van der Waals surface area (Å²) in [6.07, 6.45) is 5.74. The van der Waals surface area contributed by atoms with Crippen LogP contribution in [0.25, 0.3) is 0 Å². The van der Waals surface area contributed by atoms with E-state index < -0.39 is 5.54 Å². The Morgan fingerprint density at radius 3 is 2.65 bits per heavy atom. The Morgan fingerprint density at radius 2 is 2.04 bits per heavy atom. The van der Waals surface area contributed by atoms with Crippen molar-refractivity contribution in [2.75, 3.05) is 13.1 Å². The zero-order chi connectivity index (χ0) is 18.9. The molecule has 0 bridgehead atoms. The molecular weight excluding hydrogens is 330 g/mol. The molecule has 3 rings (SSSR count). The Labute approximate surface area is 154 Å². The normalized spacial score (nSPS) is 17.1. The molecule has 1 aliphatic heterocycles. The lowest BCUT2D eigenvalue weighted by atomic mass is 10.0. The summed E-state index contributed by atoms with van der Waals surface area (Å²) in [7, 11) is 0. The van der Waals surface area contributed by atoms with E-state index in [2.05, 4.69) is 4.57 Å². The molecule has 1 atom stereocenters. The highest BCUT2D eigenvalue weighted by molar-refractivity contribution is 5.85. The van der Waals surface area contributed by atoms with E-state index in [4.69, 9.17) is 4.42 Å². The summed E-state index contributed by atoms with van der Waals surface area (Å²) in [5.74, 6) is -0.0496. The van der Waals surface area contributed by atoms with Gasteiger partial charge in [-0.15, -0.1) is 0 Å². The molecule has 0 saturated heterocycles. The van der Waals surface area contributed by atoms with Gasteiger partial charge in [0.25, 0.3) is 0 Å². The number of hydrogen-bond donors (Lipinski definition) is 0. The average molecular weight is 357 g/mol. The number of nitrogens with zero attached hydrogens (tertiary/aromatic N) is 3. The molecule has 26 heavy (non-hydrogen) atoms. The van der Waals surface area contributed by atoms with E-state index in [0.29, 0.717) is 13.0 Å². The first-order chi connectivity index (χ1) is 12.3. The van der Waals surface area contributed by atoms with E-state index in [1.807, 2.05) is 57.0 Å². The molecule has 2 aromatic heterocycles. The van der Waals surface area contributed by atoms with E-state index in [0.717, 1.165) is 17.8 Å². The van der Waals surface area contributed by atoms with E-state index in [-0.39, 0.29) is 24.4 Å². The third-order valence-electron chi connectivity index (χ3n) is 4.92. The van der Waals surface area contributed by atoms with Crippen LogP contribution in [0.5, 0.6) is 0 Å². The van der Waals surface area contributed by atoms with E-state index in [1.165, 1.54) is 0 Å². The number of fused-ring (bicyclic) bond motifs is 1. The number of furan rings is 1. The summed E-state index contributed by atoms with van der Waals surface area (Å²) in [4.78, 5) is 29.1. The maximum absolute atomic E-state index is 13.2. The fourth-order valence-corrected chi connectivity index (χ4v) is 3.55. The van der Waals surface area contributed by atoms with Gasteiger partial charge in [0, 0.05) is 42.5 Å². The molecule has 0 aliphatic carbocycles. The van der Waals surface area contributed by atoms with Crippen LogP contribution >= 0.6 is 0 Å². The molecule has 1 aliphatic rings. The molecule has 1 unspecified atom stereocenters. The first-order valence-corrected chi connectivity index (χ1v) is 9.10. The van der Waals surface area contributed by atoms with Gasteiger partial charge in [-0.1, -0.05) is 6.92 Å². The van der Waals surface area contributed by atoms with Gasteiger partial charge in [0.05, 0.1) is 12.5 Å². The van der Waals surface area contributed by atoms with Gasteiger partial charge in [0.1, 0.15) is 12.6 Å². The Balaban J connectivity index is 1.89. The number of aromatic nitrogens is 1. The minimum Gasteiger partial charge on any atom is -0.472 e. The van der Waals surface area contributed by atoms with Crippen molar-refractivity contribution in [1.29, 1.82) is 0 Å². The molecule has 3 heterocycles. The molecule has 0 saturated carbocycles. The summed E-state index contributed by atoms with van der Waals surface area (Å²) in [6, 6.07) is 5.74. The SMILES string of the molecule is CCC(=O)N(CC(=O)N1CCn2cccc2C1c1ccoc1)C(C)(C)C. The smallest absolute Gasteiger partial charge is 0.243 e. The van der Waals surface area contributed by atoms with Crippen LogP contribution in [0.4, 0.5) is 0 Å². The van der Waals surface area contributed by atoms with Gasteiger partial charge >= 0.3 is 0 Å². The maximum Gasteiger partial charge on any atom is 0.243 e. The van der Waals surface area contributed by atoms with Gasteiger partial charge in [-0.25, -0.2) is 0 Å². The summed E-state index contributed by atoms with van der Waals surface area (Å²) in [5.41, 5.74) is 1.61. The molecule has 2 amide bonds. The predicted octanol–water partition coefficient (Wildman–Crippen LogP) is 3.05. The summed E-state index contributed by atoms with van der Waals surface area (Å²) in [6.45, 7) is 9.15. The standard InChI is InChI=1S/C20H27N3O3/c1-5-17(24)23(20(2,3)4)13-18(25)22-11-10-21-9-6-7-16(21)19(22)15-8-12-26-14-15/h6-9,12,14,19H,5,10-11,13H2,1-4H3. The van der Waals surface area contributed by atoms with Gasteiger partial charge in [0.15, 0.2) is 0 Å². The van der Waals surface area contributed by atoms with Crippen molar-refractivity contribution in [3.8, 4) is 0 Å². The van der Waals surface area contributed by atoms with Crippen molar-refractivity contribution in [3.63, 3.8) is 0 Å². The number of carbonyl (C=O) groups is 2. The summed E-state index contributed by atoms with van der Waals surface area (Å²) >= 11 is 0. The van der Waals surface area contributed by atoms with Crippen molar-refractivity contribution in [2.45, 2.75) is 52.2 Å². The number of rotatable bonds is 4. The first kappa shape index (κ1) is 18.3. The Morgan fingerprint density at radius 1 is 1.27 bits per heavy atom. The number of carbonyl (C=O) groups excluding carboxylic acids is 2. The molecule has 2 aromatic rings. The highest BCUT2D eigenvalue weighted by Crippen LogP contribution is 2.33. The van der Waals surface area contributed by atoms with E-state index in [9.17, 15) is 9.59 Å². The molecule has 0 aromatic carbocycles. The number of hydrogen-bond acceptors (Lipinski definition) is 3. The maximum atomic E-state index is 13.2. The van der Waals surface area contributed by atoms with Crippen LogP contribution in [-0.2, 0) is 16.1 Å². The monoisotopic (exact) mass is 357 g/mol. The lowest BCUT2D eigenvalue weighted by Crippen LogP contribution is -2.53. The fraction of sp³-hybridized carbons (Fsp3) is 0.500. The van der Waals surface area contributed by atoms with Crippen LogP contribution in [0.15, 0.2) is 41.3 Å². The summed E-state index contributed by atoms with van der Waals surface area (Å²) in [5, 5.41) is 0. The molecular formula is C20H27N3O3. The van der Waals surface area contributed by atoms with Crippen LogP contribution in [0.1, 0.15) is 51.4 Å². The third kappa shape index (κ3) is 3.41. The summed E-state index contributed by atoms with van der Waals surface area (Å²) < 4.78 is 7.43. The zero-order valence-corrected chi connectivity index (χ0v) is 15.9.